The van der Waals surface area contributed by atoms with Crippen molar-refractivity contribution >= 4 is 11.5 Å². The van der Waals surface area contributed by atoms with Crippen LogP contribution in [-0.2, 0) is 24.1 Å². The Hall–Kier alpha value is -3.46. The molecule has 0 N–H and O–H groups in total. The molecule has 1 aromatic carbocycles. The fourth-order valence-electron chi connectivity index (χ4n) is 4.26. The predicted molar refractivity (Wildman–Crippen MR) is 132 cm³/mol. The molecule has 0 saturated carbocycles. The van der Waals surface area contributed by atoms with Gasteiger partial charge in [0.05, 0.1) is 23.7 Å². The molecule has 36 heavy (non-hydrogen) atoms. The average Bonchev–Trinajstić information content (AvgIpc) is 3.15. The minimum absolute atomic E-state index is 0.00865. The monoisotopic (exact) mass is 499 g/mol. The molecule has 0 amide bonds. The summed E-state index contributed by atoms with van der Waals surface area (Å²) in [6.45, 7) is 8.70. The number of carbonyl (C=O) groups excluding carboxylic acids is 1. The van der Waals surface area contributed by atoms with Gasteiger partial charge in [-0.2, -0.15) is 4.39 Å². The van der Waals surface area contributed by atoms with Crippen molar-refractivity contribution in [2.45, 2.75) is 65.5 Å². The summed E-state index contributed by atoms with van der Waals surface area (Å²) < 4.78 is 35.4. The van der Waals surface area contributed by atoms with E-state index in [0.29, 0.717) is 30.7 Å². The van der Waals surface area contributed by atoms with Crippen LogP contribution in [0, 0.1) is 21.9 Å². The van der Waals surface area contributed by atoms with Crippen molar-refractivity contribution in [2.75, 3.05) is 6.61 Å². The van der Waals surface area contributed by atoms with Crippen LogP contribution >= 0.6 is 0 Å². The summed E-state index contributed by atoms with van der Waals surface area (Å²) in [6.07, 6.45) is 2.27. The van der Waals surface area contributed by atoms with E-state index in [1.54, 1.807) is 6.07 Å². The third kappa shape index (κ3) is 7.04. The van der Waals surface area contributed by atoms with Gasteiger partial charge in [0, 0.05) is 48.6 Å². The number of ketones is 1. The lowest BCUT2D eigenvalue weighted by atomic mass is 9.98. The smallest absolute Gasteiger partial charge is 0.272 e. The molecule has 0 unspecified atom stereocenters. The first-order valence-electron chi connectivity index (χ1n) is 12.0. The van der Waals surface area contributed by atoms with E-state index in [0.717, 1.165) is 23.0 Å². The summed E-state index contributed by atoms with van der Waals surface area (Å²) in [5.41, 5.74) is 3.02. The topological polar surface area (TPSA) is 87.3 Å². The lowest BCUT2D eigenvalue weighted by molar-refractivity contribution is -0.385. The van der Waals surface area contributed by atoms with E-state index in [1.165, 1.54) is 24.4 Å². The molecule has 0 fully saturated rings. The van der Waals surface area contributed by atoms with E-state index in [-0.39, 0.29) is 36.3 Å². The quantitative estimate of drug-likeness (QED) is 0.132. The Balaban J connectivity index is 1.93. The van der Waals surface area contributed by atoms with Gasteiger partial charge in [-0.15, -0.1) is 0 Å². The molecular weight excluding hydrogens is 468 g/mol. The van der Waals surface area contributed by atoms with E-state index >= 15 is 0 Å². The number of benzene rings is 1. The highest BCUT2D eigenvalue weighted by atomic mass is 19.1. The maximum absolute atomic E-state index is 13.8. The highest BCUT2D eigenvalue weighted by molar-refractivity contribution is 5.98. The zero-order valence-corrected chi connectivity index (χ0v) is 21.0. The molecule has 2 aromatic heterocycles. The van der Waals surface area contributed by atoms with Crippen LogP contribution in [0.25, 0.3) is 0 Å². The molecule has 0 spiro atoms. The fraction of sp³-hybridized carbons (Fsp3) is 0.407. The first kappa shape index (κ1) is 27.1. The molecule has 3 aromatic rings. The number of Topliss-reactive ketones (excluding diaryl/α,β-unsaturated/α-hetero) is 1. The van der Waals surface area contributed by atoms with Gasteiger partial charge in [0.2, 0.25) is 5.95 Å². The maximum Gasteiger partial charge on any atom is 0.272 e. The van der Waals surface area contributed by atoms with Gasteiger partial charge in [0.1, 0.15) is 5.82 Å². The number of aryl methyl sites for hydroxylation is 1. The second-order valence-corrected chi connectivity index (χ2v) is 9.33. The molecule has 0 bridgehead atoms. The number of nitro groups is 1. The first-order valence-corrected chi connectivity index (χ1v) is 12.0. The minimum atomic E-state index is -0.710. The summed E-state index contributed by atoms with van der Waals surface area (Å²) >= 11 is 0. The van der Waals surface area contributed by atoms with Gasteiger partial charge in [-0.1, -0.05) is 13.8 Å². The van der Waals surface area contributed by atoms with E-state index in [9.17, 15) is 23.7 Å². The molecule has 192 valence electrons. The Morgan fingerprint density at radius 1 is 1.08 bits per heavy atom. The lowest BCUT2D eigenvalue weighted by Crippen LogP contribution is -2.14. The van der Waals surface area contributed by atoms with Crippen molar-refractivity contribution in [3.05, 3.63) is 92.6 Å². The van der Waals surface area contributed by atoms with Gasteiger partial charge < -0.3 is 9.30 Å². The molecule has 0 radical (unpaired) electrons. The van der Waals surface area contributed by atoms with E-state index < -0.39 is 16.7 Å². The van der Waals surface area contributed by atoms with Crippen LogP contribution in [0.1, 0.15) is 72.9 Å². The summed E-state index contributed by atoms with van der Waals surface area (Å²) in [5, 5.41) is 11.1. The third-order valence-electron chi connectivity index (χ3n) is 5.81. The number of hydrogen-bond donors (Lipinski definition) is 0. The SMILES string of the molecule is CC(C)OCCc1cc(C(=O)CCc2cc(F)cc([N+](=O)[O-])c2)c(C(C)C)n1Cc1ccnc(F)c1. The van der Waals surface area contributed by atoms with Crippen LogP contribution < -0.4 is 0 Å². The number of rotatable bonds is 12. The standard InChI is InChI=1S/C27H31F2N3O4/c1-17(2)27-24(25(33)6-5-19-11-21(28)14-23(12-19)32(34)35)15-22(8-10-36-18(3)4)31(27)16-20-7-9-30-26(29)13-20/h7,9,11-15,17-18H,5-6,8,10,16H2,1-4H3. The molecule has 2 heterocycles. The number of ether oxygens (including phenoxy) is 1. The van der Waals surface area contributed by atoms with Crippen molar-refractivity contribution in [1.29, 1.82) is 0 Å². The average molecular weight is 500 g/mol. The van der Waals surface area contributed by atoms with Gasteiger partial charge in [0.25, 0.3) is 5.69 Å². The van der Waals surface area contributed by atoms with Crippen LogP contribution in [0.4, 0.5) is 14.5 Å². The normalized spacial score (nSPS) is 11.4. The third-order valence-corrected chi connectivity index (χ3v) is 5.81. The van der Waals surface area contributed by atoms with Gasteiger partial charge >= 0.3 is 0 Å². The van der Waals surface area contributed by atoms with E-state index in [4.69, 9.17) is 4.74 Å². The number of halogens is 2. The number of nitro benzene ring substituents is 1. The fourth-order valence-corrected chi connectivity index (χ4v) is 4.26. The van der Waals surface area contributed by atoms with Crippen LogP contribution in [0.3, 0.4) is 0 Å². The van der Waals surface area contributed by atoms with Crippen molar-refractivity contribution in [3.63, 3.8) is 0 Å². The van der Waals surface area contributed by atoms with Gasteiger partial charge in [0.15, 0.2) is 5.78 Å². The Kier molecular flexibility index (Phi) is 9.03. The largest absolute Gasteiger partial charge is 0.378 e. The van der Waals surface area contributed by atoms with Crippen molar-refractivity contribution in [3.8, 4) is 0 Å². The van der Waals surface area contributed by atoms with Crippen LogP contribution in [0.2, 0.25) is 0 Å². The number of non-ortho nitro benzene ring substituents is 1. The molecule has 0 aliphatic heterocycles. The van der Waals surface area contributed by atoms with Crippen molar-refractivity contribution < 1.29 is 23.2 Å². The lowest BCUT2D eigenvalue weighted by Gasteiger charge is -2.17. The maximum atomic E-state index is 13.8. The van der Waals surface area contributed by atoms with Crippen molar-refractivity contribution in [2.24, 2.45) is 0 Å². The molecule has 0 aliphatic rings. The first-order chi connectivity index (χ1) is 17.0. The minimum Gasteiger partial charge on any atom is -0.378 e. The number of aromatic nitrogens is 2. The van der Waals surface area contributed by atoms with Gasteiger partial charge in [-0.05, 0) is 61.6 Å². The van der Waals surface area contributed by atoms with E-state index in [1.807, 2.05) is 38.3 Å². The van der Waals surface area contributed by atoms with Gasteiger partial charge in [-0.25, -0.2) is 9.37 Å². The molecule has 0 atom stereocenters. The zero-order valence-electron chi connectivity index (χ0n) is 21.0. The summed E-state index contributed by atoms with van der Waals surface area (Å²) in [7, 11) is 0. The number of pyridine rings is 1. The Bertz CT molecular complexity index is 1240. The number of carbonyl (C=O) groups is 1. The highest BCUT2D eigenvalue weighted by Crippen LogP contribution is 2.28. The van der Waals surface area contributed by atoms with Crippen LogP contribution in [0.15, 0.2) is 42.6 Å². The number of hydrogen-bond acceptors (Lipinski definition) is 5. The summed E-state index contributed by atoms with van der Waals surface area (Å²) in [5.74, 6) is -1.43. The molecule has 0 saturated heterocycles. The van der Waals surface area contributed by atoms with Crippen molar-refractivity contribution in [1.82, 2.24) is 9.55 Å². The Morgan fingerprint density at radius 2 is 1.83 bits per heavy atom. The second kappa shape index (κ2) is 12.0. The summed E-state index contributed by atoms with van der Waals surface area (Å²) in [6, 6.07) is 8.32. The zero-order chi connectivity index (χ0) is 26.4. The molecular formula is C27H31F2N3O4. The van der Waals surface area contributed by atoms with E-state index in [2.05, 4.69) is 4.98 Å². The highest BCUT2D eigenvalue weighted by Gasteiger charge is 2.23. The molecule has 7 nitrogen and oxygen atoms in total. The molecule has 0 aliphatic carbocycles. The molecule has 9 heteroatoms. The molecule has 3 rings (SSSR count). The Morgan fingerprint density at radius 3 is 2.47 bits per heavy atom. The van der Waals surface area contributed by atoms with Crippen LogP contribution in [0.5, 0.6) is 0 Å². The second-order valence-electron chi connectivity index (χ2n) is 9.33. The van der Waals surface area contributed by atoms with Crippen LogP contribution in [-0.4, -0.2) is 33.0 Å². The Labute approximate surface area is 209 Å². The van der Waals surface area contributed by atoms with Gasteiger partial charge in [-0.3, -0.25) is 14.9 Å². The predicted octanol–water partition coefficient (Wildman–Crippen LogP) is 6.02. The summed E-state index contributed by atoms with van der Waals surface area (Å²) in [4.78, 5) is 27.4. The number of nitrogens with zero attached hydrogens (tertiary/aromatic N) is 3.